The molecule has 4 atom stereocenters. The lowest BCUT2D eigenvalue weighted by molar-refractivity contribution is -0.192. The Balaban J connectivity index is 0.000000676. The van der Waals surface area contributed by atoms with Gasteiger partial charge in [-0.25, -0.2) is 4.79 Å². The number of nitrogens with zero attached hydrogens (tertiary/aromatic N) is 2. The highest BCUT2D eigenvalue weighted by molar-refractivity contribution is 6.09. The van der Waals surface area contributed by atoms with Gasteiger partial charge in [0.25, 0.3) is 5.91 Å². The second-order valence-corrected chi connectivity index (χ2v) is 12.0. The Bertz CT molecular complexity index is 1410. The summed E-state index contributed by atoms with van der Waals surface area (Å²) in [5.74, 6) is -6.04. The predicted octanol–water partition coefficient (Wildman–Crippen LogP) is 3.39. The van der Waals surface area contributed by atoms with Gasteiger partial charge in [-0.2, -0.15) is 13.2 Å². The zero-order chi connectivity index (χ0) is 33.2. The molecular formula is C31H36F3N3O7. The number of carbonyl (C=O) groups is 5. The minimum absolute atomic E-state index is 0.0321. The summed E-state index contributed by atoms with van der Waals surface area (Å²) in [6, 6.07) is 16.1. The lowest BCUT2D eigenvalue weighted by atomic mass is 9.81. The Morgan fingerprint density at radius 2 is 1.55 bits per heavy atom. The van der Waals surface area contributed by atoms with Crippen LogP contribution >= 0.6 is 0 Å². The van der Waals surface area contributed by atoms with Crippen LogP contribution in [0.2, 0.25) is 0 Å². The SMILES string of the molecule is COC(=O)[C@]1(C)N[C@H](CN(C)C(=O)c2ccc(C(C)(C)C)cc2)[C@@H]2C(=O)N(Cc3ccccc3)C(=O)[C@@H]21.O=C(O)C(F)(F)F. The van der Waals surface area contributed by atoms with E-state index in [2.05, 4.69) is 26.1 Å². The van der Waals surface area contributed by atoms with E-state index in [1.54, 1.807) is 26.1 Å². The number of ether oxygens (including phenoxy) is 1. The number of alkyl halides is 3. The third-order valence-electron chi connectivity index (χ3n) is 7.83. The van der Waals surface area contributed by atoms with Gasteiger partial charge in [0, 0.05) is 25.2 Å². The molecule has 0 aliphatic carbocycles. The standard InChI is InChI=1S/C29H35N3O5.C2HF3O2/c1-28(2,3)20-14-12-19(13-15-20)24(33)31(5)17-21-22-23(29(4,30-21)27(36)37-6)26(35)32(25(22)34)16-18-10-8-7-9-11-18;3-2(4,5)1(6)7/h7-15,21-23,30H,16-17H2,1-6H3;(H,6,7)/t21-,22+,23-,29-;/m1./s1. The van der Waals surface area contributed by atoms with E-state index < -0.39 is 47.4 Å². The van der Waals surface area contributed by atoms with Crippen molar-refractivity contribution in [3.8, 4) is 0 Å². The zero-order valence-corrected chi connectivity index (χ0v) is 25.3. The number of aliphatic carboxylic acids is 1. The van der Waals surface area contributed by atoms with Crippen LogP contribution in [0, 0.1) is 11.8 Å². The number of carboxylic acid groups (broad SMARTS) is 1. The number of fused-ring (bicyclic) bond motifs is 1. The molecule has 2 aromatic rings. The highest BCUT2D eigenvalue weighted by Gasteiger charge is 2.66. The Labute approximate surface area is 253 Å². The number of carbonyl (C=O) groups excluding carboxylic acids is 4. The van der Waals surface area contributed by atoms with Crippen molar-refractivity contribution in [1.82, 2.24) is 15.1 Å². The van der Waals surface area contributed by atoms with Gasteiger partial charge in [-0.3, -0.25) is 29.4 Å². The van der Waals surface area contributed by atoms with Crippen molar-refractivity contribution < 1.29 is 47.0 Å². The van der Waals surface area contributed by atoms with Crippen molar-refractivity contribution in [2.24, 2.45) is 11.8 Å². The maximum absolute atomic E-state index is 13.6. The molecule has 10 nitrogen and oxygen atoms in total. The average Bonchev–Trinajstić information content (AvgIpc) is 3.39. The number of nitrogens with one attached hydrogen (secondary N) is 1. The van der Waals surface area contributed by atoms with Crippen LogP contribution in [0.4, 0.5) is 13.2 Å². The summed E-state index contributed by atoms with van der Waals surface area (Å²) >= 11 is 0. The minimum atomic E-state index is -5.08. The van der Waals surface area contributed by atoms with Gasteiger partial charge in [0.2, 0.25) is 11.8 Å². The molecule has 238 valence electrons. The molecule has 3 amide bonds. The van der Waals surface area contributed by atoms with Gasteiger partial charge < -0.3 is 14.7 Å². The smallest absolute Gasteiger partial charge is 0.475 e. The number of likely N-dealkylation sites (N-methyl/N-ethyl adjacent to an activating group) is 1. The van der Waals surface area contributed by atoms with Crippen LogP contribution < -0.4 is 5.32 Å². The van der Waals surface area contributed by atoms with E-state index in [0.29, 0.717) is 5.56 Å². The molecule has 2 N–H and O–H groups in total. The normalized spacial score (nSPS) is 23.0. The number of hydrogen-bond acceptors (Lipinski definition) is 7. The van der Waals surface area contributed by atoms with Crippen LogP contribution in [0.25, 0.3) is 0 Å². The number of halogens is 3. The number of carboxylic acids is 1. The number of hydrogen-bond donors (Lipinski definition) is 2. The molecule has 13 heteroatoms. The fraction of sp³-hybridized carbons (Fsp3) is 0.452. The van der Waals surface area contributed by atoms with E-state index in [1.165, 1.54) is 16.9 Å². The van der Waals surface area contributed by atoms with Crippen LogP contribution in [0.3, 0.4) is 0 Å². The molecule has 2 aliphatic rings. The van der Waals surface area contributed by atoms with Crippen LogP contribution in [-0.4, -0.2) is 83.0 Å². The average molecular weight is 620 g/mol. The van der Waals surface area contributed by atoms with E-state index in [-0.39, 0.29) is 30.3 Å². The second-order valence-electron chi connectivity index (χ2n) is 12.0. The third-order valence-corrected chi connectivity index (χ3v) is 7.83. The molecular weight excluding hydrogens is 583 g/mol. The van der Waals surface area contributed by atoms with Crippen LogP contribution in [0.5, 0.6) is 0 Å². The van der Waals surface area contributed by atoms with Crippen molar-refractivity contribution in [1.29, 1.82) is 0 Å². The number of benzene rings is 2. The van der Waals surface area contributed by atoms with Gasteiger partial charge in [0.1, 0.15) is 5.54 Å². The number of amides is 3. The zero-order valence-electron chi connectivity index (χ0n) is 25.3. The molecule has 0 radical (unpaired) electrons. The molecule has 2 aromatic carbocycles. The first-order chi connectivity index (χ1) is 20.3. The van der Waals surface area contributed by atoms with Crippen molar-refractivity contribution in [3.63, 3.8) is 0 Å². The van der Waals surface area contributed by atoms with Gasteiger partial charge in [0.05, 0.1) is 25.5 Å². The highest BCUT2D eigenvalue weighted by Crippen LogP contribution is 2.44. The third kappa shape index (κ3) is 7.09. The molecule has 2 fully saturated rings. The molecule has 2 aliphatic heterocycles. The second kappa shape index (κ2) is 12.8. The summed E-state index contributed by atoms with van der Waals surface area (Å²) in [6.07, 6.45) is -5.08. The van der Waals surface area contributed by atoms with Crippen molar-refractivity contribution in [3.05, 3.63) is 71.3 Å². The van der Waals surface area contributed by atoms with Crippen molar-refractivity contribution in [2.45, 2.75) is 57.4 Å². The summed E-state index contributed by atoms with van der Waals surface area (Å²) in [5, 5.41) is 10.3. The Morgan fingerprint density at radius 3 is 2.02 bits per heavy atom. The van der Waals surface area contributed by atoms with Gasteiger partial charge in [0.15, 0.2) is 0 Å². The summed E-state index contributed by atoms with van der Waals surface area (Å²) in [6.45, 7) is 8.20. The summed E-state index contributed by atoms with van der Waals surface area (Å²) in [4.78, 5) is 64.8. The maximum Gasteiger partial charge on any atom is 0.490 e. The molecule has 44 heavy (non-hydrogen) atoms. The first-order valence-electron chi connectivity index (χ1n) is 13.7. The van der Waals surface area contributed by atoms with Crippen LogP contribution in [0.15, 0.2) is 54.6 Å². The monoisotopic (exact) mass is 619 g/mol. The number of likely N-dealkylation sites (tertiary alicyclic amines) is 1. The molecule has 2 saturated heterocycles. The lowest BCUT2D eigenvalue weighted by Crippen LogP contribution is -2.56. The van der Waals surface area contributed by atoms with E-state index in [1.807, 2.05) is 42.5 Å². The quantitative estimate of drug-likeness (QED) is 0.372. The van der Waals surface area contributed by atoms with Crippen molar-refractivity contribution in [2.75, 3.05) is 20.7 Å². The van der Waals surface area contributed by atoms with E-state index >= 15 is 0 Å². The summed E-state index contributed by atoms with van der Waals surface area (Å²) in [7, 11) is 2.92. The molecule has 2 heterocycles. The first kappa shape index (κ1) is 34.2. The number of imide groups is 1. The lowest BCUT2D eigenvalue weighted by Gasteiger charge is -2.30. The highest BCUT2D eigenvalue weighted by atomic mass is 19.4. The summed E-state index contributed by atoms with van der Waals surface area (Å²) in [5.41, 5.74) is 1.05. The van der Waals surface area contributed by atoms with E-state index in [9.17, 15) is 32.3 Å². The van der Waals surface area contributed by atoms with Crippen molar-refractivity contribution >= 4 is 29.7 Å². The van der Waals surface area contributed by atoms with Gasteiger partial charge in [-0.15, -0.1) is 0 Å². The molecule has 0 saturated carbocycles. The van der Waals surface area contributed by atoms with E-state index in [4.69, 9.17) is 14.6 Å². The number of methoxy groups -OCH3 is 1. The Hall–Kier alpha value is -4.26. The Morgan fingerprint density at radius 1 is 1.00 bits per heavy atom. The predicted molar refractivity (Wildman–Crippen MR) is 152 cm³/mol. The Kier molecular flexibility index (Phi) is 9.93. The first-order valence-corrected chi connectivity index (χ1v) is 13.7. The minimum Gasteiger partial charge on any atom is -0.475 e. The number of rotatable bonds is 6. The molecule has 0 bridgehead atoms. The summed E-state index contributed by atoms with van der Waals surface area (Å²) < 4.78 is 36.8. The molecule has 0 unspecified atom stereocenters. The van der Waals surface area contributed by atoms with Crippen LogP contribution in [0.1, 0.15) is 49.2 Å². The van der Waals surface area contributed by atoms with Gasteiger partial charge in [-0.1, -0.05) is 63.2 Å². The topological polar surface area (TPSA) is 133 Å². The molecule has 0 aromatic heterocycles. The fourth-order valence-corrected chi connectivity index (χ4v) is 5.52. The maximum atomic E-state index is 13.6. The molecule has 0 spiro atoms. The van der Waals surface area contributed by atoms with E-state index in [0.717, 1.165) is 11.1 Å². The van der Waals surface area contributed by atoms with Gasteiger partial charge in [-0.05, 0) is 35.6 Å². The molecule has 4 rings (SSSR count). The largest absolute Gasteiger partial charge is 0.490 e. The number of esters is 1. The fourth-order valence-electron chi connectivity index (χ4n) is 5.52. The van der Waals surface area contributed by atoms with Gasteiger partial charge >= 0.3 is 18.1 Å². The van der Waals surface area contributed by atoms with Crippen LogP contribution in [-0.2, 0) is 35.9 Å².